The van der Waals surface area contributed by atoms with Gasteiger partial charge in [0.05, 0.1) is 13.2 Å². The fourth-order valence-electron chi connectivity index (χ4n) is 3.12. The van der Waals surface area contributed by atoms with Crippen LogP contribution in [0.15, 0.2) is 30.3 Å². The summed E-state index contributed by atoms with van der Waals surface area (Å²) in [6, 6.07) is 10.8. The fraction of sp³-hybridized carbons (Fsp3) is 0.600. The molecular weight excluding hydrogens is 210 g/mol. The second kappa shape index (κ2) is 5.19. The molecule has 2 saturated heterocycles. The first-order chi connectivity index (χ1) is 8.42. The summed E-state index contributed by atoms with van der Waals surface area (Å²) in [6.07, 6.45) is 2.49. The van der Waals surface area contributed by atoms with Gasteiger partial charge in [0.2, 0.25) is 0 Å². The maximum Gasteiger partial charge on any atom is 0.0510 e. The lowest BCUT2D eigenvalue weighted by Gasteiger charge is -2.16. The van der Waals surface area contributed by atoms with Gasteiger partial charge in [-0.1, -0.05) is 30.3 Å². The molecule has 17 heavy (non-hydrogen) atoms. The van der Waals surface area contributed by atoms with Gasteiger partial charge >= 0.3 is 0 Å². The fourth-order valence-corrected chi connectivity index (χ4v) is 3.12. The minimum absolute atomic E-state index is 0.826. The normalized spacial score (nSPS) is 28.5. The summed E-state index contributed by atoms with van der Waals surface area (Å²) in [6.45, 7) is 5.78. The van der Waals surface area contributed by atoms with Crippen LogP contribution in [0.4, 0.5) is 0 Å². The second-order valence-corrected chi connectivity index (χ2v) is 5.41. The van der Waals surface area contributed by atoms with E-state index in [4.69, 9.17) is 4.74 Å². The summed E-state index contributed by atoms with van der Waals surface area (Å²) in [4.78, 5) is 2.63. The van der Waals surface area contributed by atoms with Crippen molar-refractivity contribution in [1.29, 1.82) is 0 Å². The van der Waals surface area contributed by atoms with Gasteiger partial charge in [0.15, 0.2) is 0 Å². The minimum Gasteiger partial charge on any atom is -0.381 e. The van der Waals surface area contributed by atoms with Crippen molar-refractivity contribution >= 4 is 0 Å². The van der Waals surface area contributed by atoms with E-state index in [1.165, 1.54) is 38.0 Å². The van der Waals surface area contributed by atoms with Crippen molar-refractivity contribution in [2.75, 3.05) is 32.8 Å². The van der Waals surface area contributed by atoms with Crippen LogP contribution in [0.25, 0.3) is 0 Å². The zero-order valence-corrected chi connectivity index (χ0v) is 10.3. The molecule has 0 spiro atoms. The standard InChI is InChI=1S/C15H21NO/c1-2-5-13(6-3-1)7-4-8-16-9-14-11-17-12-15(14)10-16/h1-3,5-6,14-15H,4,7-12H2. The molecule has 1 aromatic rings. The van der Waals surface area contributed by atoms with Gasteiger partial charge in [-0.05, 0) is 24.9 Å². The van der Waals surface area contributed by atoms with Crippen LogP contribution in [0, 0.1) is 11.8 Å². The molecule has 2 atom stereocenters. The number of nitrogens with zero attached hydrogens (tertiary/aromatic N) is 1. The van der Waals surface area contributed by atoms with Gasteiger partial charge in [0, 0.05) is 24.9 Å². The van der Waals surface area contributed by atoms with Gasteiger partial charge in [0.25, 0.3) is 0 Å². The number of rotatable bonds is 4. The van der Waals surface area contributed by atoms with E-state index in [2.05, 4.69) is 35.2 Å². The van der Waals surface area contributed by atoms with Crippen molar-refractivity contribution in [3.8, 4) is 0 Å². The van der Waals surface area contributed by atoms with Crippen LogP contribution in [0.5, 0.6) is 0 Å². The molecule has 2 heterocycles. The van der Waals surface area contributed by atoms with E-state index in [-0.39, 0.29) is 0 Å². The van der Waals surface area contributed by atoms with Gasteiger partial charge in [-0.3, -0.25) is 0 Å². The third kappa shape index (κ3) is 2.70. The SMILES string of the molecule is c1ccc(CCCN2CC3COCC3C2)cc1. The van der Waals surface area contributed by atoms with E-state index < -0.39 is 0 Å². The largest absolute Gasteiger partial charge is 0.381 e. The highest BCUT2D eigenvalue weighted by atomic mass is 16.5. The molecule has 2 unspecified atom stereocenters. The molecule has 2 aliphatic heterocycles. The molecule has 0 aromatic heterocycles. The molecule has 0 bridgehead atoms. The van der Waals surface area contributed by atoms with Gasteiger partial charge in [-0.2, -0.15) is 0 Å². The summed E-state index contributed by atoms with van der Waals surface area (Å²) in [5, 5.41) is 0. The predicted molar refractivity (Wildman–Crippen MR) is 69.0 cm³/mol. The van der Waals surface area contributed by atoms with Crippen LogP contribution in [-0.4, -0.2) is 37.7 Å². The molecular formula is C15H21NO. The van der Waals surface area contributed by atoms with E-state index in [0.717, 1.165) is 25.0 Å². The molecule has 2 heteroatoms. The summed E-state index contributed by atoms with van der Waals surface area (Å²) in [5.74, 6) is 1.65. The number of likely N-dealkylation sites (tertiary alicyclic amines) is 1. The molecule has 3 rings (SSSR count). The first-order valence-corrected chi connectivity index (χ1v) is 6.76. The third-order valence-electron chi connectivity index (χ3n) is 4.10. The molecule has 92 valence electrons. The van der Waals surface area contributed by atoms with E-state index in [1.807, 2.05) is 0 Å². The zero-order chi connectivity index (χ0) is 11.5. The first kappa shape index (κ1) is 11.2. The number of ether oxygens (including phenoxy) is 1. The van der Waals surface area contributed by atoms with Crippen molar-refractivity contribution in [2.24, 2.45) is 11.8 Å². The topological polar surface area (TPSA) is 12.5 Å². The predicted octanol–water partition coefficient (Wildman–Crippen LogP) is 2.20. The molecule has 2 nitrogen and oxygen atoms in total. The van der Waals surface area contributed by atoms with Crippen molar-refractivity contribution < 1.29 is 4.74 Å². The van der Waals surface area contributed by atoms with Crippen molar-refractivity contribution in [1.82, 2.24) is 4.90 Å². The maximum absolute atomic E-state index is 5.51. The Hall–Kier alpha value is -0.860. The lowest BCUT2D eigenvalue weighted by molar-refractivity contribution is 0.154. The number of benzene rings is 1. The highest BCUT2D eigenvalue weighted by Gasteiger charge is 2.36. The summed E-state index contributed by atoms with van der Waals surface area (Å²) in [5.41, 5.74) is 1.47. The van der Waals surface area contributed by atoms with Crippen LogP contribution in [0.3, 0.4) is 0 Å². The van der Waals surface area contributed by atoms with Crippen LogP contribution >= 0.6 is 0 Å². The van der Waals surface area contributed by atoms with Crippen molar-refractivity contribution in [2.45, 2.75) is 12.8 Å². The van der Waals surface area contributed by atoms with Crippen molar-refractivity contribution in [3.63, 3.8) is 0 Å². The number of hydrogen-bond acceptors (Lipinski definition) is 2. The average Bonchev–Trinajstić information content (AvgIpc) is 2.91. The molecule has 2 aliphatic rings. The van der Waals surface area contributed by atoms with Gasteiger partial charge in [-0.25, -0.2) is 0 Å². The number of hydrogen-bond donors (Lipinski definition) is 0. The summed E-state index contributed by atoms with van der Waals surface area (Å²) < 4.78 is 5.51. The lowest BCUT2D eigenvalue weighted by atomic mass is 10.0. The molecule has 0 amide bonds. The van der Waals surface area contributed by atoms with Crippen LogP contribution in [-0.2, 0) is 11.2 Å². The summed E-state index contributed by atoms with van der Waals surface area (Å²) >= 11 is 0. The Morgan fingerprint density at radius 2 is 1.76 bits per heavy atom. The Bertz CT molecular complexity index is 339. The first-order valence-electron chi connectivity index (χ1n) is 6.76. The molecule has 1 aromatic carbocycles. The third-order valence-corrected chi connectivity index (χ3v) is 4.10. The van der Waals surface area contributed by atoms with Gasteiger partial charge in [0.1, 0.15) is 0 Å². The Morgan fingerprint density at radius 3 is 2.47 bits per heavy atom. The lowest BCUT2D eigenvalue weighted by Crippen LogP contribution is -2.24. The van der Waals surface area contributed by atoms with E-state index in [0.29, 0.717) is 0 Å². The van der Waals surface area contributed by atoms with Crippen LogP contribution in [0.1, 0.15) is 12.0 Å². The molecule has 0 saturated carbocycles. The molecule has 0 radical (unpaired) electrons. The molecule has 0 aliphatic carbocycles. The highest BCUT2D eigenvalue weighted by Crippen LogP contribution is 2.29. The van der Waals surface area contributed by atoms with Gasteiger partial charge in [-0.15, -0.1) is 0 Å². The Balaban J connectivity index is 1.41. The maximum atomic E-state index is 5.51. The highest BCUT2D eigenvalue weighted by molar-refractivity contribution is 5.14. The second-order valence-electron chi connectivity index (χ2n) is 5.41. The number of fused-ring (bicyclic) bond motifs is 1. The Kier molecular flexibility index (Phi) is 3.44. The average molecular weight is 231 g/mol. The van der Waals surface area contributed by atoms with Crippen LogP contribution in [0.2, 0.25) is 0 Å². The van der Waals surface area contributed by atoms with Gasteiger partial charge < -0.3 is 9.64 Å². The van der Waals surface area contributed by atoms with Crippen molar-refractivity contribution in [3.05, 3.63) is 35.9 Å². The Morgan fingerprint density at radius 1 is 1.06 bits per heavy atom. The van der Waals surface area contributed by atoms with E-state index in [1.54, 1.807) is 0 Å². The quantitative estimate of drug-likeness (QED) is 0.787. The molecule has 2 fully saturated rings. The monoisotopic (exact) mass is 231 g/mol. The smallest absolute Gasteiger partial charge is 0.0510 e. The number of aryl methyl sites for hydroxylation is 1. The van der Waals surface area contributed by atoms with Crippen LogP contribution < -0.4 is 0 Å². The minimum atomic E-state index is 0.826. The Labute approximate surface area is 104 Å². The zero-order valence-electron chi connectivity index (χ0n) is 10.3. The summed E-state index contributed by atoms with van der Waals surface area (Å²) in [7, 11) is 0. The van der Waals surface area contributed by atoms with E-state index in [9.17, 15) is 0 Å². The molecule has 0 N–H and O–H groups in total. The van der Waals surface area contributed by atoms with E-state index >= 15 is 0 Å².